The maximum absolute atomic E-state index is 11.3. The highest BCUT2D eigenvalue weighted by atomic mass is 16.6. The number of aliphatic hydroxyl groups excluding tert-OH is 1. The lowest BCUT2D eigenvalue weighted by Gasteiger charge is -2.28. The number of amides is 1. The second-order valence-corrected chi connectivity index (χ2v) is 8.57. The summed E-state index contributed by atoms with van der Waals surface area (Å²) >= 11 is 0. The van der Waals surface area contributed by atoms with Crippen molar-refractivity contribution in [3.63, 3.8) is 0 Å². The summed E-state index contributed by atoms with van der Waals surface area (Å²) in [7, 11) is 0. The van der Waals surface area contributed by atoms with Gasteiger partial charge in [0.15, 0.2) is 6.73 Å². The minimum Gasteiger partial charge on any atom is -0.478 e. The number of carboxylic acid groups (broad SMARTS) is 2. The Morgan fingerprint density at radius 2 is 1.49 bits per heavy atom. The first-order chi connectivity index (χ1) is 16.1. The first kappa shape index (κ1) is 36.6. The third-order valence-electron chi connectivity index (χ3n) is 4.04. The molecule has 0 saturated carbocycles. The van der Waals surface area contributed by atoms with Crippen LogP contribution in [0.4, 0.5) is 4.79 Å². The summed E-state index contributed by atoms with van der Waals surface area (Å²) in [4.78, 5) is 41.8. The predicted octanol–water partition coefficient (Wildman–Crippen LogP) is 2.70. The molecule has 1 amide bonds. The molecule has 0 aromatic carbocycles. The maximum Gasteiger partial charge on any atom is 0.408 e. The molecule has 0 heterocycles. The number of carbonyl (C=O) groups is 4. The number of rotatable bonds is 14. The fourth-order valence-electron chi connectivity index (χ4n) is 2.40. The first-order valence-electron chi connectivity index (χ1n) is 10.9. The molecule has 0 aliphatic heterocycles. The van der Waals surface area contributed by atoms with Gasteiger partial charge in [-0.1, -0.05) is 40.3 Å². The highest BCUT2D eigenvalue weighted by Gasteiger charge is 2.22. The molecule has 204 valence electrons. The standard InChI is InChI=1S/C15H30N2O6.2C4H6O2/c1-12(5-4-6-13(19)22-8-7-18)9-15(2,3)10-16-14(20)23-11-17-21;2*1-3(2)4(5)6/h12,17-18,21H,4-11H2,1-3H3,(H,16,20);2*1H2,2H3,(H,5,6). The van der Waals surface area contributed by atoms with Gasteiger partial charge in [-0.2, -0.15) is 5.48 Å². The summed E-state index contributed by atoms with van der Waals surface area (Å²) in [5.74, 6) is -1.76. The van der Waals surface area contributed by atoms with E-state index in [1.54, 1.807) is 5.48 Å². The van der Waals surface area contributed by atoms with Crippen LogP contribution in [0.2, 0.25) is 0 Å². The van der Waals surface area contributed by atoms with Gasteiger partial charge in [0.1, 0.15) is 6.61 Å². The summed E-state index contributed by atoms with van der Waals surface area (Å²) in [6.45, 7) is 15.5. The molecule has 0 aromatic rings. The average Bonchev–Trinajstić information content (AvgIpc) is 2.75. The van der Waals surface area contributed by atoms with Crippen molar-refractivity contribution in [2.24, 2.45) is 11.3 Å². The normalized spacial score (nSPS) is 10.8. The summed E-state index contributed by atoms with van der Waals surface area (Å²) in [6, 6.07) is 0. The molecule has 0 aliphatic carbocycles. The monoisotopic (exact) mass is 506 g/mol. The van der Waals surface area contributed by atoms with Gasteiger partial charge in [-0.05, 0) is 38.0 Å². The van der Waals surface area contributed by atoms with Gasteiger partial charge >= 0.3 is 24.0 Å². The predicted molar refractivity (Wildman–Crippen MR) is 129 cm³/mol. The number of hydrogen-bond acceptors (Lipinski definition) is 9. The molecule has 0 radical (unpaired) electrons. The SMILES string of the molecule is C=C(C)C(=O)O.C=C(C)C(=O)O.CC(CCCC(=O)OCCO)CC(C)(C)CNC(=O)OCNO. The van der Waals surface area contributed by atoms with Crippen molar-refractivity contribution in [3.8, 4) is 0 Å². The van der Waals surface area contributed by atoms with Crippen LogP contribution >= 0.6 is 0 Å². The fourth-order valence-corrected chi connectivity index (χ4v) is 2.40. The number of carboxylic acids is 2. The molecule has 12 heteroatoms. The van der Waals surface area contributed by atoms with Crippen LogP contribution in [0.1, 0.15) is 60.3 Å². The second-order valence-electron chi connectivity index (χ2n) is 8.57. The molecule has 12 nitrogen and oxygen atoms in total. The van der Waals surface area contributed by atoms with E-state index in [0.717, 1.165) is 19.3 Å². The van der Waals surface area contributed by atoms with Crippen LogP contribution in [0.25, 0.3) is 0 Å². The van der Waals surface area contributed by atoms with Crippen LogP contribution in [0.15, 0.2) is 24.3 Å². The van der Waals surface area contributed by atoms with E-state index in [-0.39, 0.29) is 42.5 Å². The van der Waals surface area contributed by atoms with Crippen LogP contribution in [-0.2, 0) is 23.9 Å². The minimum absolute atomic E-state index is 0.0506. The zero-order valence-corrected chi connectivity index (χ0v) is 21.4. The Morgan fingerprint density at radius 3 is 1.89 bits per heavy atom. The molecule has 1 atom stereocenters. The topological polar surface area (TPSA) is 192 Å². The number of hydrogen-bond donors (Lipinski definition) is 6. The van der Waals surface area contributed by atoms with E-state index in [9.17, 15) is 19.2 Å². The molecule has 0 saturated heterocycles. The highest BCUT2D eigenvalue weighted by molar-refractivity contribution is 5.85. The Hall–Kier alpha value is -2.96. The molecule has 6 N–H and O–H groups in total. The van der Waals surface area contributed by atoms with Crippen LogP contribution in [0, 0.1) is 11.3 Å². The van der Waals surface area contributed by atoms with Crippen molar-refractivity contribution in [1.82, 2.24) is 10.8 Å². The van der Waals surface area contributed by atoms with Crippen molar-refractivity contribution in [2.45, 2.75) is 60.3 Å². The van der Waals surface area contributed by atoms with E-state index in [0.29, 0.717) is 18.9 Å². The van der Waals surface area contributed by atoms with Crippen molar-refractivity contribution >= 4 is 24.0 Å². The third-order valence-corrected chi connectivity index (χ3v) is 4.04. The molecule has 0 fully saturated rings. The molecule has 0 aromatic heterocycles. The van der Waals surface area contributed by atoms with E-state index in [4.69, 9.17) is 25.3 Å². The highest BCUT2D eigenvalue weighted by Crippen LogP contribution is 2.27. The lowest BCUT2D eigenvalue weighted by atomic mass is 9.81. The Bertz CT molecular complexity index is 629. The van der Waals surface area contributed by atoms with Gasteiger partial charge in [-0.25, -0.2) is 14.4 Å². The van der Waals surface area contributed by atoms with Crippen LogP contribution in [-0.4, -0.2) is 71.0 Å². The van der Waals surface area contributed by atoms with E-state index in [1.165, 1.54) is 13.8 Å². The Kier molecular flexibility index (Phi) is 22.6. The zero-order valence-electron chi connectivity index (χ0n) is 21.4. The molecular formula is C23H42N2O10. The fraction of sp³-hybridized carbons (Fsp3) is 0.652. The quantitative estimate of drug-likeness (QED) is 0.0878. The van der Waals surface area contributed by atoms with Gasteiger partial charge in [-0.3, -0.25) is 4.79 Å². The number of carbonyl (C=O) groups excluding carboxylic acids is 2. The summed E-state index contributed by atoms with van der Waals surface area (Å²) in [6.07, 6.45) is 2.27. The average molecular weight is 507 g/mol. The van der Waals surface area contributed by atoms with Crippen molar-refractivity contribution in [2.75, 3.05) is 26.5 Å². The summed E-state index contributed by atoms with van der Waals surface area (Å²) in [5, 5.41) is 35.3. The number of aliphatic carboxylic acids is 2. The Morgan fingerprint density at radius 1 is 1.00 bits per heavy atom. The number of ether oxygens (including phenoxy) is 2. The Balaban J connectivity index is -0.000000697. The zero-order chi connectivity index (χ0) is 28.0. The lowest BCUT2D eigenvalue weighted by molar-refractivity contribution is -0.144. The van der Waals surface area contributed by atoms with Crippen molar-refractivity contribution in [1.29, 1.82) is 0 Å². The molecule has 0 bridgehead atoms. The van der Waals surface area contributed by atoms with Crippen molar-refractivity contribution in [3.05, 3.63) is 24.3 Å². The smallest absolute Gasteiger partial charge is 0.408 e. The van der Waals surface area contributed by atoms with Gasteiger partial charge in [0, 0.05) is 24.1 Å². The summed E-state index contributed by atoms with van der Waals surface area (Å²) < 4.78 is 9.43. The number of hydroxylamine groups is 1. The molecule has 0 spiro atoms. The van der Waals surface area contributed by atoms with E-state index in [1.807, 2.05) is 13.8 Å². The van der Waals surface area contributed by atoms with Gasteiger partial charge in [0.25, 0.3) is 0 Å². The van der Waals surface area contributed by atoms with Crippen LogP contribution < -0.4 is 10.8 Å². The van der Waals surface area contributed by atoms with Gasteiger partial charge < -0.3 is 35.3 Å². The molecule has 0 rings (SSSR count). The van der Waals surface area contributed by atoms with Gasteiger partial charge in [-0.15, -0.1) is 0 Å². The largest absolute Gasteiger partial charge is 0.478 e. The van der Waals surface area contributed by atoms with Crippen LogP contribution in [0.3, 0.4) is 0 Å². The number of esters is 1. The van der Waals surface area contributed by atoms with Gasteiger partial charge in [0.05, 0.1) is 6.61 Å². The Labute approximate surface area is 207 Å². The van der Waals surface area contributed by atoms with Crippen LogP contribution in [0.5, 0.6) is 0 Å². The second kappa shape index (κ2) is 21.6. The molecule has 35 heavy (non-hydrogen) atoms. The molecule has 0 aliphatic rings. The number of alkyl carbamates (subject to hydrolysis) is 1. The van der Waals surface area contributed by atoms with Crippen molar-refractivity contribution < 1.29 is 49.2 Å². The third kappa shape index (κ3) is 29.0. The lowest BCUT2D eigenvalue weighted by Crippen LogP contribution is -2.36. The van der Waals surface area contributed by atoms with E-state index < -0.39 is 18.0 Å². The number of aliphatic hydroxyl groups is 1. The van der Waals surface area contributed by atoms with E-state index in [2.05, 4.69) is 30.1 Å². The first-order valence-corrected chi connectivity index (χ1v) is 10.9. The molecular weight excluding hydrogens is 464 g/mol. The number of nitrogens with one attached hydrogen (secondary N) is 2. The maximum atomic E-state index is 11.3. The minimum atomic E-state index is -0.935. The summed E-state index contributed by atoms with van der Waals surface area (Å²) in [5.41, 5.74) is 1.98. The van der Waals surface area contributed by atoms with Gasteiger partial charge in [0.2, 0.25) is 0 Å². The molecule has 1 unspecified atom stereocenters. The van der Waals surface area contributed by atoms with E-state index >= 15 is 0 Å².